The molecule has 0 unspecified atom stereocenters. The van der Waals surface area contributed by atoms with Crippen molar-refractivity contribution in [3.63, 3.8) is 0 Å². The van der Waals surface area contributed by atoms with E-state index >= 15 is 0 Å². The van der Waals surface area contributed by atoms with Gasteiger partial charge < -0.3 is 9.64 Å². The summed E-state index contributed by atoms with van der Waals surface area (Å²) in [5, 5.41) is 3.97. The number of nitrogens with zero attached hydrogens (tertiary/aromatic N) is 2. The molecule has 1 N–H and O–H groups in total. The van der Waals surface area contributed by atoms with Gasteiger partial charge >= 0.3 is 0 Å². The zero-order valence-corrected chi connectivity index (χ0v) is 20.0. The van der Waals surface area contributed by atoms with Gasteiger partial charge in [0.2, 0.25) is 0 Å². The zero-order chi connectivity index (χ0) is 22.8. The Morgan fingerprint density at radius 2 is 2.06 bits per heavy atom. The molecular weight excluding hydrogens is 461 g/mol. The topological polar surface area (TPSA) is 53.9 Å². The van der Waals surface area contributed by atoms with E-state index in [-0.39, 0.29) is 11.4 Å². The number of benzene rings is 2. The second kappa shape index (κ2) is 9.22. The molecule has 0 atom stereocenters. The fourth-order valence-corrected chi connectivity index (χ4v) is 4.29. The minimum Gasteiger partial charge on any atom is -0.496 e. The highest BCUT2D eigenvalue weighted by Crippen LogP contribution is 2.40. The van der Waals surface area contributed by atoms with Crippen molar-refractivity contribution in [3.05, 3.63) is 63.4 Å². The summed E-state index contributed by atoms with van der Waals surface area (Å²) in [6.45, 7) is 9.24. The average Bonchev–Trinajstić information content (AvgIpc) is 2.71. The van der Waals surface area contributed by atoms with Crippen molar-refractivity contribution in [3.8, 4) is 5.75 Å². The highest BCUT2D eigenvalue weighted by molar-refractivity contribution is 9.10. The predicted octanol–water partition coefficient (Wildman–Crippen LogP) is 5.77. The van der Waals surface area contributed by atoms with Crippen LogP contribution in [0.1, 0.15) is 55.6 Å². The second-order valence-corrected chi connectivity index (χ2v) is 8.98. The normalized spacial score (nSPS) is 14.9. The van der Waals surface area contributed by atoms with Crippen molar-refractivity contribution in [2.75, 3.05) is 18.6 Å². The number of rotatable bonds is 6. The van der Waals surface area contributed by atoms with Crippen LogP contribution in [0.5, 0.6) is 5.75 Å². The molecule has 0 fully saturated rings. The van der Waals surface area contributed by atoms with Crippen LogP contribution in [0.25, 0.3) is 5.57 Å². The molecule has 3 rings (SSSR count). The maximum atomic E-state index is 14.9. The van der Waals surface area contributed by atoms with E-state index in [1.807, 2.05) is 6.92 Å². The molecule has 2 aromatic rings. The summed E-state index contributed by atoms with van der Waals surface area (Å²) in [4.78, 5) is 14.7. The van der Waals surface area contributed by atoms with Gasteiger partial charge in [-0.3, -0.25) is 4.79 Å². The molecule has 7 heteroatoms. The molecule has 0 bridgehead atoms. The lowest BCUT2D eigenvalue weighted by Crippen LogP contribution is -2.45. The Morgan fingerprint density at radius 3 is 2.74 bits per heavy atom. The van der Waals surface area contributed by atoms with Gasteiger partial charge in [0.25, 0.3) is 5.91 Å². The summed E-state index contributed by atoms with van der Waals surface area (Å²) >= 11 is 3.34. The Morgan fingerprint density at radius 1 is 1.32 bits per heavy atom. The van der Waals surface area contributed by atoms with Gasteiger partial charge in [0.1, 0.15) is 11.6 Å². The van der Waals surface area contributed by atoms with Crippen LogP contribution >= 0.6 is 15.9 Å². The molecule has 0 aliphatic carbocycles. The number of allylic oxidation sites excluding steroid dienone is 1. The first-order valence-electron chi connectivity index (χ1n) is 10.2. The van der Waals surface area contributed by atoms with E-state index in [0.29, 0.717) is 16.9 Å². The summed E-state index contributed by atoms with van der Waals surface area (Å²) in [5.41, 5.74) is 5.83. The van der Waals surface area contributed by atoms with E-state index in [1.165, 1.54) is 13.3 Å². The van der Waals surface area contributed by atoms with Crippen LogP contribution in [-0.2, 0) is 0 Å². The van der Waals surface area contributed by atoms with Crippen LogP contribution in [0.4, 0.5) is 10.1 Å². The monoisotopic (exact) mass is 487 g/mol. The summed E-state index contributed by atoms with van der Waals surface area (Å²) in [6.07, 6.45) is 4.49. The molecule has 1 heterocycles. The molecule has 164 valence electrons. The van der Waals surface area contributed by atoms with Gasteiger partial charge in [-0.25, -0.2) is 9.82 Å². The molecule has 31 heavy (non-hydrogen) atoms. The third-order valence-electron chi connectivity index (χ3n) is 5.32. The number of nitrogens with one attached hydrogen (secondary N) is 1. The Labute approximate surface area is 191 Å². The van der Waals surface area contributed by atoms with Crippen molar-refractivity contribution in [1.29, 1.82) is 0 Å². The quantitative estimate of drug-likeness (QED) is 0.415. The molecule has 0 spiro atoms. The number of methoxy groups -OCH3 is 1. The first-order valence-corrected chi connectivity index (χ1v) is 10.9. The number of anilines is 1. The third-order valence-corrected chi connectivity index (χ3v) is 5.81. The van der Waals surface area contributed by atoms with Gasteiger partial charge in [-0.2, -0.15) is 5.10 Å². The number of hydrogen-bond donors (Lipinski definition) is 1. The molecule has 2 aromatic carbocycles. The summed E-state index contributed by atoms with van der Waals surface area (Å²) in [5.74, 6) is -0.404. The fraction of sp³-hybridized carbons (Fsp3) is 0.333. The summed E-state index contributed by atoms with van der Waals surface area (Å²) < 4.78 is 20.9. The number of hydrazone groups is 1. The number of carbonyl (C=O) groups is 1. The van der Waals surface area contributed by atoms with E-state index in [4.69, 9.17) is 4.74 Å². The highest BCUT2D eigenvalue weighted by Gasteiger charge is 2.31. The van der Waals surface area contributed by atoms with Crippen molar-refractivity contribution >= 4 is 39.3 Å². The summed E-state index contributed by atoms with van der Waals surface area (Å²) in [7, 11) is 1.49. The minimum atomic E-state index is -0.445. The molecule has 0 saturated carbocycles. The standard InChI is InChI=1S/C24H27BrFN3O2/c1-6-9-29-21-12-20(26)16(10-18(21)15(2)13-24(29,3)4)14-27-28-23(30)19-11-17(25)7-8-22(19)31-5/h7-8,10-14H,6,9H2,1-5H3,(H,28,30)/b27-14-. The molecule has 1 aliphatic rings. The van der Waals surface area contributed by atoms with Crippen molar-refractivity contribution in [2.45, 2.75) is 39.7 Å². The Hall–Kier alpha value is -2.67. The lowest BCUT2D eigenvalue weighted by Gasteiger charge is -2.43. The van der Waals surface area contributed by atoms with Crippen molar-refractivity contribution < 1.29 is 13.9 Å². The van der Waals surface area contributed by atoms with Crippen LogP contribution in [0.3, 0.4) is 0 Å². The van der Waals surface area contributed by atoms with E-state index in [9.17, 15) is 9.18 Å². The number of carbonyl (C=O) groups excluding carboxylic acids is 1. The summed E-state index contributed by atoms with van der Waals surface area (Å²) in [6, 6.07) is 8.44. The van der Waals surface area contributed by atoms with Crippen LogP contribution in [0, 0.1) is 5.82 Å². The number of ether oxygens (including phenoxy) is 1. The molecule has 0 aromatic heterocycles. The molecule has 5 nitrogen and oxygen atoms in total. The maximum absolute atomic E-state index is 14.9. The van der Waals surface area contributed by atoms with Crippen molar-refractivity contribution in [1.82, 2.24) is 5.43 Å². The average molecular weight is 488 g/mol. The Balaban J connectivity index is 1.87. The van der Waals surface area contributed by atoms with Gasteiger partial charge in [-0.1, -0.05) is 28.9 Å². The van der Waals surface area contributed by atoms with Crippen LogP contribution in [-0.4, -0.2) is 31.3 Å². The lowest BCUT2D eigenvalue weighted by atomic mass is 9.88. The van der Waals surface area contributed by atoms with E-state index in [1.54, 1.807) is 30.3 Å². The van der Waals surface area contributed by atoms with Crippen LogP contribution in [0.15, 0.2) is 46.0 Å². The number of amides is 1. The largest absolute Gasteiger partial charge is 0.496 e. The number of halogens is 2. The maximum Gasteiger partial charge on any atom is 0.275 e. The molecule has 1 amide bonds. The van der Waals surface area contributed by atoms with Gasteiger partial charge in [0.15, 0.2) is 0 Å². The first-order chi connectivity index (χ1) is 14.7. The lowest BCUT2D eigenvalue weighted by molar-refractivity contribution is 0.0952. The number of hydrogen-bond acceptors (Lipinski definition) is 4. The predicted molar refractivity (Wildman–Crippen MR) is 128 cm³/mol. The smallest absolute Gasteiger partial charge is 0.275 e. The van der Waals surface area contributed by atoms with E-state index < -0.39 is 5.91 Å². The van der Waals surface area contributed by atoms with E-state index in [2.05, 4.69) is 58.2 Å². The molecule has 0 saturated heterocycles. The Bertz CT molecular complexity index is 1060. The molecule has 0 radical (unpaired) electrons. The van der Waals surface area contributed by atoms with Gasteiger partial charge in [0.05, 0.1) is 24.4 Å². The van der Waals surface area contributed by atoms with Crippen LogP contribution < -0.4 is 15.1 Å². The fourth-order valence-electron chi connectivity index (χ4n) is 3.92. The first kappa shape index (κ1) is 23.0. The van der Waals surface area contributed by atoms with Gasteiger partial charge in [-0.15, -0.1) is 0 Å². The number of fused-ring (bicyclic) bond motifs is 1. The third kappa shape index (κ3) is 4.82. The van der Waals surface area contributed by atoms with Gasteiger partial charge in [-0.05, 0) is 63.1 Å². The van der Waals surface area contributed by atoms with Crippen LogP contribution in [0.2, 0.25) is 0 Å². The minimum absolute atomic E-state index is 0.188. The van der Waals surface area contributed by atoms with Crippen molar-refractivity contribution in [2.24, 2.45) is 5.10 Å². The molecule has 1 aliphatic heterocycles. The zero-order valence-electron chi connectivity index (χ0n) is 18.4. The highest BCUT2D eigenvalue weighted by atomic mass is 79.9. The SMILES string of the molecule is CCCN1c2cc(F)c(/C=N\NC(=O)c3cc(Br)ccc3OC)cc2C(C)=CC1(C)C. The van der Waals surface area contributed by atoms with Gasteiger partial charge in [0, 0.05) is 27.8 Å². The van der Waals surface area contributed by atoms with E-state index in [0.717, 1.165) is 34.3 Å². The Kier molecular flexibility index (Phi) is 6.84. The molecular formula is C24H27BrFN3O2. The second-order valence-electron chi connectivity index (χ2n) is 8.07.